The second kappa shape index (κ2) is 3.87. The molecule has 3 heteroatoms. The molecule has 1 heterocycles. The lowest BCUT2D eigenvalue weighted by Gasteiger charge is -2.02. The van der Waals surface area contributed by atoms with Crippen molar-refractivity contribution in [3.63, 3.8) is 0 Å². The highest BCUT2D eigenvalue weighted by atomic mass is 35.5. The number of hydrogen-bond donors (Lipinski definition) is 1. The summed E-state index contributed by atoms with van der Waals surface area (Å²) in [7, 11) is 2.03. The maximum atomic E-state index is 5.97. The van der Waals surface area contributed by atoms with Crippen molar-refractivity contribution in [2.24, 2.45) is 12.8 Å². The average Bonchev–Trinajstić information content (AvgIpc) is 2.42. The molecule has 1 unspecified atom stereocenters. The van der Waals surface area contributed by atoms with Crippen molar-refractivity contribution >= 4 is 22.5 Å². The van der Waals surface area contributed by atoms with Crippen LogP contribution in [-0.4, -0.2) is 10.6 Å². The normalized spacial score (nSPS) is 13.3. The number of benzene rings is 1. The zero-order valence-corrected chi connectivity index (χ0v) is 9.75. The van der Waals surface area contributed by atoms with E-state index in [0.717, 1.165) is 17.0 Å². The Morgan fingerprint density at radius 3 is 2.87 bits per heavy atom. The van der Waals surface area contributed by atoms with Gasteiger partial charge in [0.25, 0.3) is 0 Å². The summed E-state index contributed by atoms with van der Waals surface area (Å²) in [6.07, 6.45) is 3.03. The topological polar surface area (TPSA) is 30.9 Å². The van der Waals surface area contributed by atoms with Crippen LogP contribution < -0.4 is 5.73 Å². The standard InChI is InChI=1S/C12H15ClN2/c1-8(14)5-9-7-15(2)12-6-10(13)3-4-11(9)12/h3-4,6-8H,5,14H2,1-2H3. The third kappa shape index (κ3) is 2.01. The predicted molar refractivity (Wildman–Crippen MR) is 65.3 cm³/mol. The highest BCUT2D eigenvalue weighted by molar-refractivity contribution is 6.31. The first-order valence-electron chi connectivity index (χ1n) is 5.07. The fraction of sp³-hybridized carbons (Fsp3) is 0.333. The van der Waals surface area contributed by atoms with E-state index in [9.17, 15) is 0 Å². The second-order valence-electron chi connectivity index (χ2n) is 4.11. The van der Waals surface area contributed by atoms with E-state index in [1.807, 2.05) is 26.1 Å². The molecule has 0 saturated carbocycles. The predicted octanol–water partition coefficient (Wildman–Crippen LogP) is 2.72. The third-order valence-electron chi connectivity index (χ3n) is 2.58. The van der Waals surface area contributed by atoms with Crippen molar-refractivity contribution in [1.29, 1.82) is 0 Å². The number of nitrogens with zero attached hydrogens (tertiary/aromatic N) is 1. The molecule has 0 aliphatic heterocycles. The van der Waals surface area contributed by atoms with Gasteiger partial charge in [-0.3, -0.25) is 0 Å². The van der Waals surface area contributed by atoms with E-state index in [4.69, 9.17) is 17.3 Å². The molecule has 2 aromatic rings. The Morgan fingerprint density at radius 2 is 2.20 bits per heavy atom. The Kier molecular flexibility index (Phi) is 2.72. The van der Waals surface area contributed by atoms with Gasteiger partial charge >= 0.3 is 0 Å². The molecular formula is C12H15ClN2. The number of hydrogen-bond acceptors (Lipinski definition) is 1. The van der Waals surface area contributed by atoms with E-state index in [1.165, 1.54) is 10.9 Å². The van der Waals surface area contributed by atoms with Crippen LogP contribution in [0.15, 0.2) is 24.4 Å². The van der Waals surface area contributed by atoms with Gasteiger partial charge in [0, 0.05) is 35.2 Å². The minimum Gasteiger partial charge on any atom is -0.350 e. The van der Waals surface area contributed by atoms with Gasteiger partial charge in [0.05, 0.1) is 0 Å². The summed E-state index contributed by atoms with van der Waals surface area (Å²) >= 11 is 5.97. The number of aromatic nitrogens is 1. The van der Waals surface area contributed by atoms with Crippen molar-refractivity contribution < 1.29 is 0 Å². The smallest absolute Gasteiger partial charge is 0.0495 e. The van der Waals surface area contributed by atoms with Crippen molar-refractivity contribution in [3.05, 3.63) is 35.0 Å². The molecule has 0 radical (unpaired) electrons. The SMILES string of the molecule is CC(N)Cc1cn(C)c2cc(Cl)ccc12. The lowest BCUT2D eigenvalue weighted by Crippen LogP contribution is -2.17. The van der Waals surface area contributed by atoms with E-state index in [0.29, 0.717) is 0 Å². The largest absolute Gasteiger partial charge is 0.350 e. The molecule has 0 saturated heterocycles. The Hall–Kier alpha value is -0.990. The minimum absolute atomic E-state index is 0.186. The first kappa shape index (κ1) is 10.5. The lowest BCUT2D eigenvalue weighted by atomic mass is 10.1. The number of nitrogens with two attached hydrogens (primary N) is 1. The summed E-state index contributed by atoms with van der Waals surface area (Å²) in [4.78, 5) is 0. The van der Waals surface area contributed by atoms with Gasteiger partial charge in [-0.05, 0) is 31.0 Å². The first-order chi connectivity index (χ1) is 7.08. The Balaban J connectivity index is 2.57. The molecule has 0 spiro atoms. The molecule has 1 aromatic carbocycles. The van der Waals surface area contributed by atoms with Gasteiger partial charge in [-0.1, -0.05) is 17.7 Å². The van der Waals surface area contributed by atoms with Gasteiger partial charge < -0.3 is 10.3 Å². The van der Waals surface area contributed by atoms with Crippen molar-refractivity contribution in [3.8, 4) is 0 Å². The minimum atomic E-state index is 0.186. The molecule has 2 N–H and O–H groups in total. The molecule has 0 aliphatic carbocycles. The van der Waals surface area contributed by atoms with Gasteiger partial charge in [-0.25, -0.2) is 0 Å². The van der Waals surface area contributed by atoms with Crippen LogP contribution in [0.5, 0.6) is 0 Å². The molecule has 0 bridgehead atoms. The molecule has 1 atom stereocenters. The quantitative estimate of drug-likeness (QED) is 0.833. The number of halogens is 1. The number of aryl methyl sites for hydroxylation is 1. The van der Waals surface area contributed by atoms with E-state index in [2.05, 4.69) is 16.8 Å². The third-order valence-corrected chi connectivity index (χ3v) is 2.81. The van der Waals surface area contributed by atoms with E-state index in [-0.39, 0.29) is 6.04 Å². The average molecular weight is 223 g/mol. The van der Waals surface area contributed by atoms with Crippen molar-refractivity contribution in [1.82, 2.24) is 4.57 Å². The molecule has 0 amide bonds. The monoisotopic (exact) mass is 222 g/mol. The first-order valence-corrected chi connectivity index (χ1v) is 5.45. The Morgan fingerprint density at radius 1 is 1.47 bits per heavy atom. The van der Waals surface area contributed by atoms with Crippen LogP contribution >= 0.6 is 11.6 Å². The second-order valence-corrected chi connectivity index (χ2v) is 4.54. The fourth-order valence-electron chi connectivity index (χ4n) is 1.95. The van der Waals surface area contributed by atoms with Crippen molar-refractivity contribution in [2.75, 3.05) is 0 Å². The number of rotatable bonds is 2. The maximum absolute atomic E-state index is 5.97. The molecule has 0 aliphatic rings. The van der Waals surface area contributed by atoms with Crippen LogP contribution in [0, 0.1) is 0 Å². The van der Waals surface area contributed by atoms with Gasteiger partial charge in [0.2, 0.25) is 0 Å². The van der Waals surface area contributed by atoms with Gasteiger partial charge in [0.1, 0.15) is 0 Å². The summed E-state index contributed by atoms with van der Waals surface area (Å²) in [6, 6.07) is 6.16. The molecule has 0 fully saturated rings. The zero-order valence-electron chi connectivity index (χ0n) is 9.00. The molecule has 2 nitrogen and oxygen atoms in total. The fourth-order valence-corrected chi connectivity index (χ4v) is 2.12. The molecule has 80 valence electrons. The molecule has 2 rings (SSSR count). The molecule has 15 heavy (non-hydrogen) atoms. The maximum Gasteiger partial charge on any atom is 0.0495 e. The van der Waals surface area contributed by atoms with Gasteiger partial charge in [0.15, 0.2) is 0 Å². The van der Waals surface area contributed by atoms with E-state index in [1.54, 1.807) is 0 Å². The van der Waals surface area contributed by atoms with Crippen LogP contribution in [0.1, 0.15) is 12.5 Å². The lowest BCUT2D eigenvalue weighted by molar-refractivity contribution is 0.738. The van der Waals surface area contributed by atoms with E-state index < -0.39 is 0 Å². The zero-order chi connectivity index (χ0) is 11.0. The molecular weight excluding hydrogens is 208 g/mol. The summed E-state index contributed by atoms with van der Waals surface area (Å²) in [5.41, 5.74) is 8.28. The van der Waals surface area contributed by atoms with E-state index >= 15 is 0 Å². The van der Waals surface area contributed by atoms with Crippen LogP contribution in [-0.2, 0) is 13.5 Å². The Bertz CT molecular complexity index is 486. The van der Waals surface area contributed by atoms with Gasteiger partial charge in [-0.2, -0.15) is 0 Å². The van der Waals surface area contributed by atoms with Crippen LogP contribution in [0.2, 0.25) is 5.02 Å². The molecule has 1 aromatic heterocycles. The van der Waals surface area contributed by atoms with Crippen LogP contribution in [0.25, 0.3) is 10.9 Å². The summed E-state index contributed by atoms with van der Waals surface area (Å²) in [5.74, 6) is 0. The summed E-state index contributed by atoms with van der Waals surface area (Å²) in [6.45, 7) is 2.02. The summed E-state index contributed by atoms with van der Waals surface area (Å²) < 4.78 is 2.10. The Labute approximate surface area is 94.6 Å². The van der Waals surface area contributed by atoms with Crippen LogP contribution in [0.3, 0.4) is 0 Å². The number of fused-ring (bicyclic) bond motifs is 1. The van der Waals surface area contributed by atoms with Crippen LogP contribution in [0.4, 0.5) is 0 Å². The van der Waals surface area contributed by atoms with Crippen molar-refractivity contribution in [2.45, 2.75) is 19.4 Å². The van der Waals surface area contributed by atoms with Gasteiger partial charge in [-0.15, -0.1) is 0 Å². The summed E-state index contributed by atoms with van der Waals surface area (Å²) in [5, 5.41) is 2.02. The highest BCUT2D eigenvalue weighted by Gasteiger charge is 2.08. The highest BCUT2D eigenvalue weighted by Crippen LogP contribution is 2.24.